The van der Waals surface area contributed by atoms with Crippen molar-refractivity contribution in [2.45, 2.75) is 20.3 Å². The first-order valence-corrected chi connectivity index (χ1v) is 7.46. The minimum absolute atomic E-state index is 0.135. The molecule has 1 heterocycles. The van der Waals surface area contributed by atoms with Crippen LogP contribution in [0.25, 0.3) is 21.9 Å². The third-order valence-electron chi connectivity index (χ3n) is 3.54. The normalized spacial score (nSPS) is 10.9. The van der Waals surface area contributed by atoms with Crippen molar-refractivity contribution in [3.8, 4) is 0 Å². The van der Waals surface area contributed by atoms with Gasteiger partial charge in [-0.15, -0.1) is 0 Å². The minimum Gasteiger partial charge on any atom is -0.466 e. The average Bonchev–Trinajstić information content (AvgIpc) is 2.85. The Balaban J connectivity index is 2.13. The SMILES string of the molecule is CCOC(=O)Cc1cccc2oc3ccc(NC(C)=O)cc3c12. The Hall–Kier alpha value is -2.82. The smallest absolute Gasteiger partial charge is 0.310 e. The van der Waals surface area contributed by atoms with Gasteiger partial charge in [-0.05, 0) is 36.8 Å². The van der Waals surface area contributed by atoms with Gasteiger partial charge < -0.3 is 14.5 Å². The zero-order chi connectivity index (χ0) is 16.4. The number of amides is 1. The molecule has 23 heavy (non-hydrogen) atoms. The number of benzene rings is 2. The summed E-state index contributed by atoms with van der Waals surface area (Å²) in [5.41, 5.74) is 2.96. The van der Waals surface area contributed by atoms with E-state index in [-0.39, 0.29) is 18.3 Å². The lowest BCUT2D eigenvalue weighted by Gasteiger charge is -2.04. The van der Waals surface area contributed by atoms with Crippen molar-refractivity contribution >= 4 is 39.5 Å². The van der Waals surface area contributed by atoms with E-state index in [1.165, 1.54) is 6.92 Å². The van der Waals surface area contributed by atoms with Crippen LogP contribution in [0.3, 0.4) is 0 Å². The number of hydrogen-bond donors (Lipinski definition) is 1. The molecular formula is C18H17NO4. The van der Waals surface area contributed by atoms with E-state index in [0.29, 0.717) is 23.5 Å². The zero-order valence-electron chi connectivity index (χ0n) is 13.0. The first-order valence-electron chi connectivity index (χ1n) is 7.46. The molecule has 0 radical (unpaired) electrons. The fraction of sp³-hybridized carbons (Fsp3) is 0.222. The quantitative estimate of drug-likeness (QED) is 0.747. The number of fused-ring (bicyclic) bond motifs is 3. The number of rotatable bonds is 4. The summed E-state index contributed by atoms with van der Waals surface area (Å²) in [5.74, 6) is -0.406. The number of carbonyl (C=O) groups is 2. The van der Waals surface area contributed by atoms with Crippen molar-refractivity contribution in [1.82, 2.24) is 0 Å². The fourth-order valence-corrected chi connectivity index (χ4v) is 2.70. The third kappa shape index (κ3) is 3.04. The molecule has 0 aliphatic rings. The molecule has 3 aromatic rings. The van der Waals surface area contributed by atoms with Gasteiger partial charge in [0.15, 0.2) is 0 Å². The van der Waals surface area contributed by atoms with Crippen molar-refractivity contribution in [2.24, 2.45) is 0 Å². The molecule has 3 rings (SSSR count). The molecule has 118 valence electrons. The van der Waals surface area contributed by atoms with Crippen molar-refractivity contribution in [3.05, 3.63) is 42.0 Å². The summed E-state index contributed by atoms with van der Waals surface area (Å²) < 4.78 is 10.9. The highest BCUT2D eigenvalue weighted by molar-refractivity contribution is 6.09. The van der Waals surface area contributed by atoms with Crippen LogP contribution in [0, 0.1) is 0 Å². The lowest BCUT2D eigenvalue weighted by molar-refractivity contribution is -0.142. The van der Waals surface area contributed by atoms with Crippen LogP contribution >= 0.6 is 0 Å². The predicted molar refractivity (Wildman–Crippen MR) is 88.4 cm³/mol. The zero-order valence-corrected chi connectivity index (χ0v) is 13.0. The van der Waals surface area contributed by atoms with Gasteiger partial charge in [-0.1, -0.05) is 12.1 Å². The van der Waals surface area contributed by atoms with E-state index in [9.17, 15) is 9.59 Å². The first-order chi connectivity index (χ1) is 11.1. The van der Waals surface area contributed by atoms with E-state index < -0.39 is 0 Å². The molecule has 0 saturated heterocycles. The van der Waals surface area contributed by atoms with Crippen molar-refractivity contribution in [2.75, 3.05) is 11.9 Å². The highest BCUT2D eigenvalue weighted by Crippen LogP contribution is 2.33. The fourth-order valence-electron chi connectivity index (χ4n) is 2.70. The Labute approximate surface area is 133 Å². The Kier molecular flexibility index (Phi) is 4.02. The van der Waals surface area contributed by atoms with Crippen LogP contribution < -0.4 is 5.32 Å². The maximum absolute atomic E-state index is 11.8. The molecule has 5 heteroatoms. The monoisotopic (exact) mass is 311 g/mol. The number of nitrogens with one attached hydrogen (secondary N) is 1. The summed E-state index contributed by atoms with van der Waals surface area (Å²) in [6.45, 7) is 3.60. The van der Waals surface area contributed by atoms with Crippen molar-refractivity contribution in [1.29, 1.82) is 0 Å². The molecule has 5 nitrogen and oxygen atoms in total. The van der Waals surface area contributed by atoms with Gasteiger partial charge in [-0.2, -0.15) is 0 Å². The van der Waals surface area contributed by atoms with Gasteiger partial charge in [0.25, 0.3) is 0 Å². The van der Waals surface area contributed by atoms with E-state index in [1.807, 2.05) is 30.3 Å². The van der Waals surface area contributed by atoms with E-state index in [0.717, 1.165) is 16.3 Å². The lowest BCUT2D eigenvalue weighted by atomic mass is 10.0. The average molecular weight is 311 g/mol. The Morgan fingerprint density at radius 2 is 2.00 bits per heavy atom. The van der Waals surface area contributed by atoms with Gasteiger partial charge in [-0.25, -0.2) is 0 Å². The van der Waals surface area contributed by atoms with E-state index in [2.05, 4.69) is 5.32 Å². The maximum atomic E-state index is 11.8. The Morgan fingerprint density at radius 3 is 2.74 bits per heavy atom. The van der Waals surface area contributed by atoms with Gasteiger partial charge in [0, 0.05) is 23.4 Å². The van der Waals surface area contributed by atoms with Crippen LogP contribution in [0.15, 0.2) is 40.8 Å². The highest BCUT2D eigenvalue weighted by atomic mass is 16.5. The summed E-state index contributed by atoms with van der Waals surface area (Å²) in [5, 5.41) is 4.50. The Morgan fingerprint density at radius 1 is 1.17 bits per heavy atom. The number of hydrogen-bond acceptors (Lipinski definition) is 4. The second-order valence-corrected chi connectivity index (χ2v) is 5.27. The van der Waals surface area contributed by atoms with Gasteiger partial charge >= 0.3 is 5.97 Å². The molecule has 0 aliphatic carbocycles. The number of furan rings is 1. The number of anilines is 1. The third-order valence-corrected chi connectivity index (χ3v) is 3.54. The highest BCUT2D eigenvalue weighted by Gasteiger charge is 2.14. The Bertz CT molecular complexity index is 895. The van der Waals surface area contributed by atoms with Crippen LogP contribution in [-0.4, -0.2) is 18.5 Å². The summed E-state index contributed by atoms with van der Waals surface area (Å²) in [6, 6.07) is 11.1. The maximum Gasteiger partial charge on any atom is 0.310 e. The summed E-state index contributed by atoms with van der Waals surface area (Å²) in [6.07, 6.45) is 0.185. The standard InChI is InChI=1S/C18H17NO4/c1-3-22-17(21)9-12-5-4-6-16-18(12)14-10-13(19-11(2)20)7-8-15(14)23-16/h4-8,10H,3,9H2,1-2H3,(H,19,20). The van der Waals surface area contributed by atoms with Crippen LogP contribution in [-0.2, 0) is 20.7 Å². The predicted octanol–water partition coefficient (Wildman–Crippen LogP) is 3.65. The van der Waals surface area contributed by atoms with E-state index in [4.69, 9.17) is 9.15 Å². The summed E-state index contributed by atoms with van der Waals surface area (Å²) in [4.78, 5) is 23.1. The first kappa shape index (κ1) is 15.1. The second-order valence-electron chi connectivity index (χ2n) is 5.27. The van der Waals surface area contributed by atoms with Crippen molar-refractivity contribution in [3.63, 3.8) is 0 Å². The molecule has 0 atom stereocenters. The van der Waals surface area contributed by atoms with Gasteiger partial charge in [0.2, 0.25) is 5.91 Å². The molecule has 0 aliphatic heterocycles. The van der Waals surface area contributed by atoms with E-state index in [1.54, 1.807) is 13.0 Å². The lowest BCUT2D eigenvalue weighted by Crippen LogP contribution is -2.07. The molecule has 0 unspecified atom stereocenters. The van der Waals surface area contributed by atoms with Gasteiger partial charge in [0.05, 0.1) is 13.0 Å². The molecule has 1 amide bonds. The second kappa shape index (κ2) is 6.12. The minimum atomic E-state index is -0.271. The molecular weight excluding hydrogens is 294 g/mol. The van der Waals surface area contributed by atoms with Crippen LogP contribution in [0.5, 0.6) is 0 Å². The molecule has 0 fully saturated rings. The van der Waals surface area contributed by atoms with Crippen LogP contribution in [0.1, 0.15) is 19.4 Å². The largest absolute Gasteiger partial charge is 0.466 e. The number of carbonyl (C=O) groups excluding carboxylic acids is 2. The molecule has 1 N–H and O–H groups in total. The van der Waals surface area contributed by atoms with Gasteiger partial charge in [-0.3, -0.25) is 9.59 Å². The van der Waals surface area contributed by atoms with Crippen molar-refractivity contribution < 1.29 is 18.7 Å². The van der Waals surface area contributed by atoms with Crippen LogP contribution in [0.4, 0.5) is 5.69 Å². The molecule has 1 aromatic heterocycles. The van der Waals surface area contributed by atoms with Crippen LogP contribution in [0.2, 0.25) is 0 Å². The summed E-state index contributed by atoms with van der Waals surface area (Å²) >= 11 is 0. The topological polar surface area (TPSA) is 68.5 Å². The number of ether oxygens (including phenoxy) is 1. The molecule has 0 saturated carbocycles. The number of esters is 1. The molecule has 0 spiro atoms. The van der Waals surface area contributed by atoms with Gasteiger partial charge in [0.1, 0.15) is 11.2 Å². The molecule has 2 aromatic carbocycles. The molecule has 0 bridgehead atoms. The summed E-state index contributed by atoms with van der Waals surface area (Å²) in [7, 11) is 0. The van der Waals surface area contributed by atoms with E-state index >= 15 is 0 Å².